The van der Waals surface area contributed by atoms with Gasteiger partial charge < -0.3 is 4.57 Å². The second-order valence-electron chi connectivity index (χ2n) is 4.78. The third-order valence-electron chi connectivity index (χ3n) is 3.26. The number of rotatable bonds is 4. The minimum atomic E-state index is -0.516. The maximum Gasteiger partial charge on any atom is 0.292 e. The maximum atomic E-state index is 11.9. The lowest BCUT2D eigenvalue weighted by molar-refractivity contribution is -0.384. The molecule has 0 radical (unpaired) electrons. The zero-order valence-electron chi connectivity index (χ0n) is 12.1. The lowest BCUT2D eigenvalue weighted by atomic mass is 10.3. The van der Waals surface area contributed by atoms with Gasteiger partial charge in [-0.25, -0.2) is 0 Å². The zero-order valence-corrected chi connectivity index (χ0v) is 12.1. The summed E-state index contributed by atoms with van der Waals surface area (Å²) in [4.78, 5) is 22.1. The molecule has 116 valence electrons. The molecule has 3 rings (SSSR count). The Labute approximate surface area is 129 Å². The second-order valence-corrected chi connectivity index (χ2v) is 4.78. The lowest BCUT2D eigenvalue weighted by Crippen LogP contribution is -1.96. The summed E-state index contributed by atoms with van der Waals surface area (Å²) in [6.07, 6.45) is 1.84. The Hall–Kier alpha value is -3.49. The van der Waals surface area contributed by atoms with E-state index >= 15 is 0 Å². The summed E-state index contributed by atoms with van der Waals surface area (Å²) in [5, 5.41) is 23.9. The van der Waals surface area contributed by atoms with Gasteiger partial charge in [0.1, 0.15) is 5.69 Å². The number of nitrogens with one attached hydrogen (secondary N) is 2. The van der Waals surface area contributed by atoms with Gasteiger partial charge in [-0.2, -0.15) is 5.11 Å². The normalized spacial score (nSPS) is 11.2. The number of aryl methyl sites for hydroxylation is 1. The van der Waals surface area contributed by atoms with Crippen LogP contribution in [0.15, 0.2) is 57.6 Å². The molecule has 0 unspecified atom stereocenters. The van der Waals surface area contributed by atoms with E-state index in [0.29, 0.717) is 5.69 Å². The first-order valence-corrected chi connectivity index (χ1v) is 6.65. The number of nitrogens with zero attached hydrogens (tertiary/aromatic N) is 4. The van der Waals surface area contributed by atoms with Crippen LogP contribution in [0.25, 0.3) is 11.4 Å². The monoisotopic (exact) mass is 312 g/mol. The number of nitro benzene ring substituents is 1. The van der Waals surface area contributed by atoms with Gasteiger partial charge in [0.15, 0.2) is 5.69 Å². The van der Waals surface area contributed by atoms with Crippen molar-refractivity contribution in [3.05, 3.63) is 63.1 Å². The molecule has 3 aromatic rings. The molecular weight excluding hydrogens is 300 g/mol. The fourth-order valence-electron chi connectivity index (χ4n) is 2.13. The molecule has 1 aromatic carbocycles. The van der Waals surface area contributed by atoms with Gasteiger partial charge in [-0.15, -0.1) is 5.11 Å². The van der Waals surface area contributed by atoms with Gasteiger partial charge in [-0.3, -0.25) is 25.1 Å². The number of non-ortho nitro benzene ring substituents is 1. The lowest BCUT2D eigenvalue weighted by Gasteiger charge is -2.00. The number of nitro groups is 1. The van der Waals surface area contributed by atoms with Crippen molar-refractivity contribution in [2.24, 2.45) is 17.3 Å². The molecule has 0 aliphatic rings. The highest BCUT2D eigenvalue weighted by molar-refractivity contribution is 5.68. The van der Waals surface area contributed by atoms with Gasteiger partial charge in [-0.1, -0.05) is 6.07 Å². The number of aromatic amines is 2. The first kappa shape index (κ1) is 14.4. The third kappa shape index (κ3) is 2.79. The van der Waals surface area contributed by atoms with Gasteiger partial charge in [0.05, 0.1) is 16.3 Å². The van der Waals surface area contributed by atoms with Crippen LogP contribution in [0, 0.1) is 10.1 Å². The molecule has 0 bridgehead atoms. The third-order valence-corrected chi connectivity index (χ3v) is 3.26. The van der Waals surface area contributed by atoms with Crippen LogP contribution >= 0.6 is 0 Å². The Morgan fingerprint density at radius 3 is 2.70 bits per heavy atom. The van der Waals surface area contributed by atoms with Crippen LogP contribution in [-0.2, 0) is 7.05 Å². The first-order valence-electron chi connectivity index (χ1n) is 6.65. The van der Waals surface area contributed by atoms with E-state index in [2.05, 4.69) is 20.4 Å². The summed E-state index contributed by atoms with van der Waals surface area (Å²) in [7, 11) is 1.84. The van der Waals surface area contributed by atoms with Crippen molar-refractivity contribution >= 4 is 17.1 Å². The van der Waals surface area contributed by atoms with E-state index in [4.69, 9.17) is 0 Å². The van der Waals surface area contributed by atoms with Crippen molar-refractivity contribution in [3.63, 3.8) is 0 Å². The van der Waals surface area contributed by atoms with Gasteiger partial charge in [0, 0.05) is 25.4 Å². The first-order chi connectivity index (χ1) is 11.1. The molecule has 9 nitrogen and oxygen atoms in total. The molecule has 2 N–H and O–H groups in total. The number of H-pyrrole nitrogens is 2. The van der Waals surface area contributed by atoms with Crippen molar-refractivity contribution in [2.45, 2.75) is 0 Å². The van der Waals surface area contributed by atoms with E-state index in [-0.39, 0.29) is 17.1 Å². The molecule has 0 fully saturated rings. The molecule has 2 heterocycles. The molecule has 0 saturated carbocycles. The van der Waals surface area contributed by atoms with Crippen LogP contribution in [-0.4, -0.2) is 19.7 Å². The van der Waals surface area contributed by atoms with E-state index < -0.39 is 10.5 Å². The number of azo groups is 1. The number of hydrogen-bond donors (Lipinski definition) is 2. The predicted octanol–water partition coefficient (Wildman–Crippen LogP) is 3.03. The van der Waals surface area contributed by atoms with Crippen molar-refractivity contribution < 1.29 is 4.92 Å². The van der Waals surface area contributed by atoms with Crippen LogP contribution in [0.3, 0.4) is 0 Å². The minimum Gasteiger partial charge on any atom is -0.349 e. The average molecular weight is 312 g/mol. The molecule has 0 aliphatic heterocycles. The topological polar surface area (TPSA) is 121 Å². The summed E-state index contributed by atoms with van der Waals surface area (Å²) < 4.78 is 1.82. The molecule has 0 spiro atoms. The molecule has 2 aromatic heterocycles. The van der Waals surface area contributed by atoms with E-state index in [1.165, 1.54) is 18.2 Å². The van der Waals surface area contributed by atoms with Crippen molar-refractivity contribution in [1.82, 2.24) is 14.8 Å². The van der Waals surface area contributed by atoms with Crippen molar-refractivity contribution in [3.8, 4) is 11.4 Å². The van der Waals surface area contributed by atoms with Crippen molar-refractivity contribution in [2.75, 3.05) is 0 Å². The molecule has 0 atom stereocenters. The van der Waals surface area contributed by atoms with Crippen LogP contribution < -0.4 is 5.56 Å². The molecular formula is C14H12N6O3. The van der Waals surface area contributed by atoms with Crippen LogP contribution in [0.1, 0.15) is 0 Å². The second kappa shape index (κ2) is 5.72. The minimum absolute atomic E-state index is 0.0907. The summed E-state index contributed by atoms with van der Waals surface area (Å²) in [5.41, 5.74) is 1.14. The molecule has 23 heavy (non-hydrogen) atoms. The van der Waals surface area contributed by atoms with Gasteiger partial charge in [0.2, 0.25) is 0 Å². The summed E-state index contributed by atoms with van der Waals surface area (Å²) in [5.74, 6) is 0. The maximum absolute atomic E-state index is 11.9. The number of aromatic nitrogens is 3. The Balaban J connectivity index is 1.99. The molecule has 0 aliphatic carbocycles. The predicted molar refractivity (Wildman–Crippen MR) is 83.1 cm³/mol. The van der Waals surface area contributed by atoms with Crippen LogP contribution in [0.5, 0.6) is 0 Å². The zero-order chi connectivity index (χ0) is 16.4. The van der Waals surface area contributed by atoms with Gasteiger partial charge in [-0.05, 0) is 18.2 Å². The highest BCUT2D eigenvalue weighted by Gasteiger charge is 2.14. The Morgan fingerprint density at radius 1 is 1.17 bits per heavy atom. The van der Waals surface area contributed by atoms with Gasteiger partial charge in [0.25, 0.3) is 11.2 Å². The molecule has 9 heteroatoms. The number of hydrogen-bond acceptors (Lipinski definition) is 5. The largest absolute Gasteiger partial charge is 0.349 e. The highest BCUT2D eigenvalue weighted by Crippen LogP contribution is 2.27. The van der Waals surface area contributed by atoms with Gasteiger partial charge >= 0.3 is 0 Å². The standard InChI is InChI=1S/C14H12N6O3/c1-19-7-3-6-11(19)12-13(14(21)18-16-12)17-15-9-4-2-5-10(8-9)20(22)23/h2-8H,1H3,(H2,16,18,21). The fraction of sp³-hybridized carbons (Fsp3) is 0.0714. The number of benzene rings is 1. The summed E-state index contributed by atoms with van der Waals surface area (Å²) in [6, 6.07) is 9.38. The van der Waals surface area contributed by atoms with Crippen LogP contribution in [0.4, 0.5) is 17.1 Å². The molecule has 0 amide bonds. The molecule has 0 saturated heterocycles. The SMILES string of the molecule is Cn1cccc1-c1[nH][nH]c(=O)c1N=Nc1cccc([N+](=O)[O-])c1. The summed E-state index contributed by atoms with van der Waals surface area (Å²) in [6.45, 7) is 0. The van der Waals surface area contributed by atoms with Crippen molar-refractivity contribution in [1.29, 1.82) is 0 Å². The Bertz CT molecular complexity index is 949. The smallest absolute Gasteiger partial charge is 0.292 e. The fourth-order valence-corrected chi connectivity index (χ4v) is 2.13. The van der Waals surface area contributed by atoms with Crippen LogP contribution in [0.2, 0.25) is 0 Å². The van der Waals surface area contributed by atoms with E-state index in [1.54, 1.807) is 6.07 Å². The van der Waals surface area contributed by atoms with E-state index in [9.17, 15) is 14.9 Å². The van der Waals surface area contributed by atoms with E-state index in [1.807, 2.05) is 29.9 Å². The Kier molecular flexibility index (Phi) is 3.59. The summed E-state index contributed by atoms with van der Waals surface area (Å²) >= 11 is 0. The average Bonchev–Trinajstić information content (AvgIpc) is 3.11. The highest BCUT2D eigenvalue weighted by atomic mass is 16.6. The van der Waals surface area contributed by atoms with E-state index in [0.717, 1.165) is 5.69 Å². The quantitative estimate of drug-likeness (QED) is 0.437. The Morgan fingerprint density at radius 2 is 2.00 bits per heavy atom.